The highest BCUT2D eigenvalue weighted by Crippen LogP contribution is 2.28. The van der Waals surface area contributed by atoms with Gasteiger partial charge < -0.3 is 0 Å². The molecule has 0 aliphatic heterocycles. The van der Waals surface area contributed by atoms with E-state index in [1.807, 2.05) is 42.5 Å². The first-order valence-corrected chi connectivity index (χ1v) is 6.30. The predicted octanol–water partition coefficient (Wildman–Crippen LogP) is 4.02. The average molecular weight is 226 g/mol. The zero-order valence-corrected chi connectivity index (χ0v) is 10.2. The third-order valence-electron chi connectivity index (χ3n) is 3.15. The van der Waals surface area contributed by atoms with Gasteiger partial charge in [0.1, 0.15) is 0 Å². The molecule has 1 aliphatic carbocycles. The Bertz CT molecular complexity index is 440. The lowest BCUT2D eigenvalue weighted by Crippen LogP contribution is -2.02. The number of carbonyl (C=O) groups excluding carboxylic acids is 1. The zero-order valence-electron chi connectivity index (χ0n) is 10.2. The number of ketones is 1. The van der Waals surface area contributed by atoms with Gasteiger partial charge in [-0.25, -0.2) is 0 Å². The maximum absolute atomic E-state index is 11.8. The average Bonchev–Trinajstić information content (AvgIpc) is 2.70. The van der Waals surface area contributed by atoms with Crippen molar-refractivity contribution < 1.29 is 4.79 Å². The minimum Gasteiger partial charge on any atom is -0.290 e. The van der Waals surface area contributed by atoms with Crippen LogP contribution in [-0.4, -0.2) is 5.78 Å². The first kappa shape index (κ1) is 11.8. The molecular formula is C16H18O. The molecule has 17 heavy (non-hydrogen) atoms. The summed E-state index contributed by atoms with van der Waals surface area (Å²) in [6.45, 7) is 2.18. The lowest BCUT2D eigenvalue weighted by molar-refractivity contribution is -0.111. The molecule has 0 heterocycles. The molecule has 0 fully saturated rings. The minimum atomic E-state index is 0.176. The van der Waals surface area contributed by atoms with Crippen molar-refractivity contribution >= 4 is 11.9 Å². The SMILES string of the molecule is CCCC[C@H]1C=CC(=O)/C1=C/c1ccccc1. The third-order valence-corrected chi connectivity index (χ3v) is 3.15. The number of carbonyl (C=O) groups is 1. The van der Waals surface area contributed by atoms with Crippen LogP contribution in [0.25, 0.3) is 6.08 Å². The van der Waals surface area contributed by atoms with Crippen molar-refractivity contribution in [3.8, 4) is 0 Å². The van der Waals surface area contributed by atoms with Gasteiger partial charge >= 0.3 is 0 Å². The van der Waals surface area contributed by atoms with E-state index in [4.69, 9.17) is 0 Å². The van der Waals surface area contributed by atoms with Gasteiger partial charge in [-0.15, -0.1) is 0 Å². The van der Waals surface area contributed by atoms with E-state index >= 15 is 0 Å². The summed E-state index contributed by atoms with van der Waals surface area (Å²) in [4.78, 5) is 11.8. The van der Waals surface area contributed by atoms with E-state index in [-0.39, 0.29) is 5.78 Å². The molecule has 1 atom stereocenters. The van der Waals surface area contributed by atoms with Gasteiger partial charge in [0.05, 0.1) is 0 Å². The monoisotopic (exact) mass is 226 g/mol. The fourth-order valence-corrected chi connectivity index (χ4v) is 2.17. The molecular weight excluding hydrogens is 208 g/mol. The Kier molecular flexibility index (Phi) is 3.92. The number of allylic oxidation sites excluding steroid dienone is 3. The van der Waals surface area contributed by atoms with Crippen LogP contribution in [0.1, 0.15) is 31.7 Å². The van der Waals surface area contributed by atoms with Crippen LogP contribution in [0.5, 0.6) is 0 Å². The van der Waals surface area contributed by atoms with Crippen LogP contribution in [0.15, 0.2) is 48.1 Å². The van der Waals surface area contributed by atoms with Crippen LogP contribution < -0.4 is 0 Å². The van der Waals surface area contributed by atoms with E-state index in [9.17, 15) is 4.79 Å². The van der Waals surface area contributed by atoms with Gasteiger partial charge in [-0.05, 0) is 24.1 Å². The van der Waals surface area contributed by atoms with Gasteiger partial charge in [0.15, 0.2) is 5.78 Å². The number of benzene rings is 1. The van der Waals surface area contributed by atoms with Crippen molar-refractivity contribution in [1.82, 2.24) is 0 Å². The summed E-state index contributed by atoms with van der Waals surface area (Å²) in [7, 11) is 0. The smallest absolute Gasteiger partial charge is 0.182 e. The van der Waals surface area contributed by atoms with E-state index in [1.165, 1.54) is 12.8 Å². The lowest BCUT2D eigenvalue weighted by Gasteiger charge is -2.09. The lowest BCUT2D eigenvalue weighted by atomic mass is 9.94. The Morgan fingerprint density at radius 1 is 1.24 bits per heavy atom. The molecule has 1 aromatic carbocycles. The number of unbranched alkanes of at least 4 members (excludes halogenated alkanes) is 1. The van der Waals surface area contributed by atoms with E-state index in [2.05, 4.69) is 6.92 Å². The molecule has 0 saturated heterocycles. The Morgan fingerprint density at radius 3 is 2.71 bits per heavy atom. The molecule has 0 radical (unpaired) electrons. The summed E-state index contributed by atoms with van der Waals surface area (Å²) in [6.07, 6.45) is 9.23. The van der Waals surface area contributed by atoms with E-state index in [0.29, 0.717) is 5.92 Å². The topological polar surface area (TPSA) is 17.1 Å². The Morgan fingerprint density at radius 2 is 2.00 bits per heavy atom. The van der Waals surface area contributed by atoms with E-state index < -0.39 is 0 Å². The van der Waals surface area contributed by atoms with Gasteiger partial charge in [0.2, 0.25) is 0 Å². The highest BCUT2D eigenvalue weighted by atomic mass is 16.1. The number of hydrogen-bond acceptors (Lipinski definition) is 1. The summed E-state index contributed by atoms with van der Waals surface area (Å²) in [5, 5.41) is 0. The van der Waals surface area contributed by atoms with Crippen LogP contribution in [0.3, 0.4) is 0 Å². The summed E-state index contributed by atoms with van der Waals surface area (Å²) in [5.74, 6) is 0.498. The first-order valence-electron chi connectivity index (χ1n) is 6.30. The second kappa shape index (κ2) is 5.62. The molecule has 0 unspecified atom stereocenters. The molecule has 1 nitrogen and oxygen atoms in total. The molecule has 1 aromatic rings. The molecule has 2 rings (SSSR count). The maximum Gasteiger partial charge on any atom is 0.182 e. The zero-order chi connectivity index (χ0) is 12.1. The second-order valence-electron chi connectivity index (χ2n) is 4.48. The fourth-order valence-electron chi connectivity index (χ4n) is 2.17. The van der Waals surface area contributed by atoms with Crippen LogP contribution in [0.4, 0.5) is 0 Å². The maximum atomic E-state index is 11.8. The molecule has 0 N–H and O–H groups in total. The van der Waals surface area contributed by atoms with Gasteiger partial charge in [0.25, 0.3) is 0 Å². The van der Waals surface area contributed by atoms with E-state index in [0.717, 1.165) is 17.6 Å². The van der Waals surface area contributed by atoms with Crippen LogP contribution in [-0.2, 0) is 4.79 Å². The molecule has 88 valence electrons. The molecule has 1 heteroatoms. The molecule has 0 spiro atoms. The van der Waals surface area contributed by atoms with E-state index in [1.54, 1.807) is 6.08 Å². The van der Waals surface area contributed by atoms with Crippen LogP contribution in [0, 0.1) is 5.92 Å². The Labute approximate surface area is 103 Å². The van der Waals surface area contributed by atoms with Crippen molar-refractivity contribution in [1.29, 1.82) is 0 Å². The standard InChI is InChI=1S/C16H18O/c1-2-3-9-14-10-11-16(17)15(14)12-13-7-5-4-6-8-13/h4-8,10-12,14H,2-3,9H2,1H3/b15-12+/t14-/m0/s1. The highest BCUT2D eigenvalue weighted by molar-refractivity contribution is 6.10. The number of rotatable bonds is 4. The molecule has 1 aliphatic rings. The highest BCUT2D eigenvalue weighted by Gasteiger charge is 2.22. The van der Waals surface area contributed by atoms with Gasteiger partial charge in [0, 0.05) is 11.5 Å². The summed E-state index contributed by atoms with van der Waals surface area (Å²) < 4.78 is 0. The predicted molar refractivity (Wildman–Crippen MR) is 71.6 cm³/mol. The summed E-state index contributed by atoms with van der Waals surface area (Å²) in [6, 6.07) is 10.1. The number of hydrogen-bond donors (Lipinski definition) is 0. The largest absolute Gasteiger partial charge is 0.290 e. The second-order valence-corrected chi connectivity index (χ2v) is 4.48. The molecule has 0 amide bonds. The first-order chi connectivity index (χ1) is 8.31. The van der Waals surface area contributed by atoms with Crippen molar-refractivity contribution in [2.24, 2.45) is 5.92 Å². The Balaban J connectivity index is 2.18. The molecule has 0 aromatic heterocycles. The quantitative estimate of drug-likeness (QED) is 0.709. The van der Waals surface area contributed by atoms with Crippen molar-refractivity contribution in [3.63, 3.8) is 0 Å². The normalized spacial score (nSPS) is 21.4. The molecule has 0 bridgehead atoms. The summed E-state index contributed by atoms with van der Waals surface area (Å²) in [5.41, 5.74) is 2.06. The third kappa shape index (κ3) is 2.94. The van der Waals surface area contributed by atoms with Gasteiger partial charge in [-0.1, -0.05) is 56.2 Å². The fraction of sp³-hybridized carbons (Fsp3) is 0.312. The summed E-state index contributed by atoms with van der Waals surface area (Å²) >= 11 is 0. The van der Waals surface area contributed by atoms with Gasteiger partial charge in [-0.3, -0.25) is 4.79 Å². The van der Waals surface area contributed by atoms with Crippen LogP contribution >= 0.6 is 0 Å². The van der Waals surface area contributed by atoms with Crippen molar-refractivity contribution in [2.75, 3.05) is 0 Å². The van der Waals surface area contributed by atoms with Gasteiger partial charge in [-0.2, -0.15) is 0 Å². The Hall–Kier alpha value is -1.63. The molecule has 0 saturated carbocycles. The van der Waals surface area contributed by atoms with Crippen molar-refractivity contribution in [3.05, 3.63) is 53.6 Å². The minimum absolute atomic E-state index is 0.176. The van der Waals surface area contributed by atoms with Crippen LogP contribution in [0.2, 0.25) is 0 Å². The van der Waals surface area contributed by atoms with Crippen molar-refractivity contribution in [2.45, 2.75) is 26.2 Å².